The van der Waals surface area contributed by atoms with E-state index in [-0.39, 0.29) is 17.5 Å². The lowest BCUT2D eigenvalue weighted by atomic mass is 9.73. The van der Waals surface area contributed by atoms with Crippen LogP contribution in [0, 0.1) is 0 Å². The number of amides is 2. The van der Waals surface area contributed by atoms with E-state index < -0.39 is 29.6 Å². The second kappa shape index (κ2) is 11.9. The van der Waals surface area contributed by atoms with E-state index in [1.807, 2.05) is 48.5 Å². The number of fused-ring (bicyclic) bond motifs is 3. The van der Waals surface area contributed by atoms with Crippen molar-refractivity contribution in [2.24, 2.45) is 0 Å². The minimum Gasteiger partial charge on any atom is -0.349 e. The topological polar surface area (TPSA) is 94.3 Å². The van der Waals surface area contributed by atoms with Crippen LogP contribution in [0.5, 0.6) is 0 Å². The maximum Gasteiger partial charge on any atom is 0.405 e. The van der Waals surface area contributed by atoms with Crippen LogP contribution in [0.1, 0.15) is 53.6 Å². The van der Waals surface area contributed by atoms with Crippen LogP contribution in [0.3, 0.4) is 0 Å². The van der Waals surface area contributed by atoms with Crippen LogP contribution >= 0.6 is 0 Å². The number of unbranched alkanes of at least 4 members (excludes halogenated alkanes) is 1. The second-order valence-corrected chi connectivity index (χ2v) is 10.8. The van der Waals surface area contributed by atoms with E-state index in [1.165, 1.54) is 12.3 Å². The fourth-order valence-electron chi connectivity index (χ4n) is 6.17. The van der Waals surface area contributed by atoms with Gasteiger partial charge in [0.2, 0.25) is 5.91 Å². The average Bonchev–Trinajstić information content (AvgIpc) is 3.25. The highest BCUT2D eigenvalue weighted by atomic mass is 19.4. The lowest BCUT2D eigenvalue weighted by Gasteiger charge is -2.33. The van der Waals surface area contributed by atoms with Gasteiger partial charge >= 0.3 is 6.18 Å². The molecule has 1 aromatic heterocycles. The number of benzene rings is 2. The molecule has 7 nitrogen and oxygen atoms in total. The molecule has 2 aliphatic rings. The van der Waals surface area contributed by atoms with Crippen molar-refractivity contribution < 1.29 is 22.8 Å². The van der Waals surface area contributed by atoms with Gasteiger partial charge < -0.3 is 20.5 Å². The van der Waals surface area contributed by atoms with Crippen molar-refractivity contribution in [2.45, 2.75) is 49.7 Å². The maximum atomic E-state index is 13.6. The quantitative estimate of drug-likeness (QED) is 0.335. The third kappa shape index (κ3) is 6.07. The molecule has 1 fully saturated rings. The number of nitrogens with zero attached hydrogens (tertiary/aromatic N) is 1. The zero-order chi connectivity index (χ0) is 29.0. The number of H-pyrrole nitrogens is 1. The minimum atomic E-state index is -4.50. The van der Waals surface area contributed by atoms with E-state index in [1.54, 1.807) is 6.07 Å². The molecule has 5 rings (SSSR count). The SMILES string of the molecule is O=C(NC1CCN(CCCCC2(C(=O)NCC(F)(F)F)c3ccccc3-c3ccccc32)CC1)c1ccc[nH]c1=O. The van der Waals surface area contributed by atoms with Gasteiger partial charge in [-0.1, -0.05) is 55.0 Å². The lowest BCUT2D eigenvalue weighted by Crippen LogP contribution is -2.47. The molecule has 2 heterocycles. The van der Waals surface area contributed by atoms with Gasteiger partial charge in [-0.05, 0) is 66.6 Å². The Morgan fingerprint density at radius 2 is 1.56 bits per heavy atom. The molecule has 3 aromatic rings. The molecule has 0 saturated carbocycles. The predicted molar refractivity (Wildman–Crippen MR) is 150 cm³/mol. The minimum absolute atomic E-state index is 0.0227. The predicted octanol–water partition coefficient (Wildman–Crippen LogP) is 4.38. The fraction of sp³-hybridized carbons (Fsp3) is 0.387. The van der Waals surface area contributed by atoms with Crippen LogP contribution in [0.25, 0.3) is 11.1 Å². The summed E-state index contributed by atoms with van der Waals surface area (Å²) in [5.74, 6) is -1.00. The van der Waals surface area contributed by atoms with E-state index in [2.05, 4.69) is 20.5 Å². The fourth-order valence-corrected chi connectivity index (χ4v) is 6.17. The molecule has 2 amide bonds. The number of likely N-dealkylation sites (tertiary alicyclic amines) is 1. The summed E-state index contributed by atoms with van der Waals surface area (Å²) in [6.45, 7) is 0.961. The van der Waals surface area contributed by atoms with Crippen molar-refractivity contribution in [1.29, 1.82) is 0 Å². The van der Waals surface area contributed by atoms with E-state index in [0.29, 0.717) is 12.8 Å². The number of hydrogen-bond acceptors (Lipinski definition) is 4. The van der Waals surface area contributed by atoms with Crippen LogP contribution in [0.2, 0.25) is 0 Å². The number of nitrogens with one attached hydrogen (secondary N) is 3. The van der Waals surface area contributed by atoms with Gasteiger partial charge in [0.15, 0.2) is 0 Å². The molecule has 0 radical (unpaired) electrons. The summed E-state index contributed by atoms with van der Waals surface area (Å²) < 4.78 is 39.2. The summed E-state index contributed by atoms with van der Waals surface area (Å²) in [5.41, 5.74) is 1.74. The zero-order valence-electron chi connectivity index (χ0n) is 22.6. The highest BCUT2D eigenvalue weighted by molar-refractivity contribution is 6.00. The molecule has 216 valence electrons. The standard InChI is InChI=1S/C31H33F3N4O3/c32-31(33,34)20-36-29(41)30(25-11-3-1-8-22(25)23-9-2-4-12-26(23)30)15-5-6-17-38-18-13-21(14-19-38)37-28(40)24-10-7-16-35-27(24)39/h1-4,7-12,16,21H,5-6,13-15,17-20H2,(H,35,39)(H,36,41)(H,37,40). The Bertz CT molecular complexity index is 1420. The number of piperidine rings is 1. The Kier molecular flexibility index (Phi) is 8.30. The Labute approximate surface area is 236 Å². The third-order valence-electron chi connectivity index (χ3n) is 8.16. The number of aromatic nitrogens is 1. The van der Waals surface area contributed by atoms with Crippen LogP contribution < -0.4 is 16.2 Å². The van der Waals surface area contributed by atoms with E-state index >= 15 is 0 Å². The largest absolute Gasteiger partial charge is 0.405 e. The number of rotatable bonds is 9. The second-order valence-electron chi connectivity index (χ2n) is 10.8. The molecule has 0 bridgehead atoms. The van der Waals surface area contributed by atoms with Crippen LogP contribution in [0.4, 0.5) is 13.2 Å². The number of aromatic amines is 1. The maximum absolute atomic E-state index is 13.6. The first-order valence-electron chi connectivity index (χ1n) is 13.9. The highest BCUT2D eigenvalue weighted by Gasteiger charge is 2.49. The summed E-state index contributed by atoms with van der Waals surface area (Å²) in [6.07, 6.45) is 0.297. The van der Waals surface area contributed by atoms with Crippen molar-refractivity contribution in [3.63, 3.8) is 0 Å². The average molecular weight is 567 g/mol. The zero-order valence-corrected chi connectivity index (χ0v) is 22.6. The molecule has 0 spiro atoms. The van der Waals surface area contributed by atoms with Crippen LogP contribution in [0.15, 0.2) is 71.7 Å². The molecular formula is C31H33F3N4O3. The first-order chi connectivity index (χ1) is 19.7. The summed E-state index contributed by atoms with van der Waals surface area (Å²) in [4.78, 5) is 42.8. The first kappa shape index (κ1) is 28.6. The summed E-state index contributed by atoms with van der Waals surface area (Å²) in [6, 6.07) is 18.0. The van der Waals surface area contributed by atoms with Gasteiger partial charge in [0, 0.05) is 25.3 Å². The van der Waals surface area contributed by atoms with Gasteiger partial charge in [0.05, 0.1) is 0 Å². The molecule has 1 aliphatic heterocycles. The molecular weight excluding hydrogens is 533 g/mol. The number of carbonyl (C=O) groups is 2. The molecule has 1 aliphatic carbocycles. The number of halogens is 3. The molecule has 0 unspecified atom stereocenters. The van der Waals surface area contributed by atoms with E-state index in [9.17, 15) is 27.6 Å². The highest BCUT2D eigenvalue weighted by Crippen LogP contribution is 2.51. The Morgan fingerprint density at radius 1 is 0.927 bits per heavy atom. The number of pyridine rings is 1. The van der Waals surface area contributed by atoms with Crippen LogP contribution in [-0.2, 0) is 10.2 Å². The molecule has 3 N–H and O–H groups in total. The summed E-state index contributed by atoms with van der Waals surface area (Å²) in [7, 11) is 0. The monoisotopic (exact) mass is 566 g/mol. The molecule has 41 heavy (non-hydrogen) atoms. The van der Waals surface area contributed by atoms with Gasteiger partial charge in [-0.2, -0.15) is 13.2 Å². The summed E-state index contributed by atoms with van der Waals surface area (Å²) >= 11 is 0. The summed E-state index contributed by atoms with van der Waals surface area (Å²) in [5, 5.41) is 5.13. The molecule has 1 saturated heterocycles. The van der Waals surface area contributed by atoms with Gasteiger partial charge in [-0.15, -0.1) is 0 Å². The Hall–Kier alpha value is -3.92. The van der Waals surface area contributed by atoms with Gasteiger partial charge in [0.1, 0.15) is 17.5 Å². The van der Waals surface area contributed by atoms with E-state index in [4.69, 9.17) is 0 Å². The third-order valence-corrected chi connectivity index (χ3v) is 8.16. The van der Waals surface area contributed by atoms with Crippen molar-refractivity contribution in [1.82, 2.24) is 20.5 Å². The smallest absolute Gasteiger partial charge is 0.349 e. The van der Waals surface area contributed by atoms with Gasteiger partial charge in [-0.3, -0.25) is 14.4 Å². The van der Waals surface area contributed by atoms with Crippen molar-refractivity contribution in [2.75, 3.05) is 26.2 Å². The number of carbonyl (C=O) groups excluding carboxylic acids is 2. The Morgan fingerprint density at radius 3 is 2.17 bits per heavy atom. The number of alkyl halides is 3. The number of hydrogen-bond donors (Lipinski definition) is 3. The Balaban J connectivity index is 1.21. The normalized spacial score (nSPS) is 16.6. The van der Waals surface area contributed by atoms with Gasteiger partial charge in [-0.25, -0.2) is 0 Å². The molecule has 0 atom stereocenters. The van der Waals surface area contributed by atoms with Gasteiger partial charge in [0.25, 0.3) is 11.5 Å². The van der Waals surface area contributed by atoms with Crippen LogP contribution in [-0.4, -0.2) is 60.1 Å². The van der Waals surface area contributed by atoms with Crippen molar-refractivity contribution >= 4 is 11.8 Å². The first-order valence-corrected chi connectivity index (χ1v) is 13.9. The molecule has 2 aromatic carbocycles. The molecule has 10 heteroatoms. The lowest BCUT2D eigenvalue weighted by molar-refractivity contribution is -0.141. The van der Waals surface area contributed by atoms with E-state index in [0.717, 1.165) is 61.2 Å². The van der Waals surface area contributed by atoms with Crippen molar-refractivity contribution in [3.8, 4) is 11.1 Å². The van der Waals surface area contributed by atoms with Crippen molar-refractivity contribution in [3.05, 3.63) is 93.9 Å².